The molecule has 0 aromatic heterocycles. The lowest BCUT2D eigenvalue weighted by molar-refractivity contribution is 0.0467. The van der Waals surface area contributed by atoms with Crippen molar-refractivity contribution in [2.45, 2.75) is 64.4 Å². The molecule has 0 bridgehead atoms. The molecule has 0 saturated heterocycles. The van der Waals surface area contributed by atoms with Gasteiger partial charge in [0, 0.05) is 18.2 Å². The Morgan fingerprint density at radius 3 is 2.71 bits per heavy atom. The number of hydrogen-bond acceptors (Lipinski definition) is 2. The molecule has 1 N–H and O–H groups in total. The fourth-order valence-corrected chi connectivity index (χ4v) is 4.09. The van der Waals surface area contributed by atoms with E-state index in [1.807, 2.05) is 7.11 Å². The molecule has 0 radical (unpaired) electrons. The minimum absolute atomic E-state index is 0.112. The van der Waals surface area contributed by atoms with Crippen LogP contribution in [-0.4, -0.2) is 18.9 Å². The minimum Gasteiger partial charge on any atom is -0.381 e. The SMILES string of the molecule is CCCCc1ccc2c(c1)C(=N)[C@]1(CC[C@H](OC)CC1)C2. The number of unbranched alkanes of at least 4 members (excludes halogenated alkanes) is 1. The van der Waals surface area contributed by atoms with E-state index in [2.05, 4.69) is 25.1 Å². The van der Waals surface area contributed by atoms with Crippen LogP contribution in [0, 0.1) is 10.8 Å². The topological polar surface area (TPSA) is 33.1 Å². The first-order valence-corrected chi connectivity index (χ1v) is 8.42. The fraction of sp³-hybridized carbons (Fsp3) is 0.632. The van der Waals surface area contributed by atoms with Gasteiger partial charge >= 0.3 is 0 Å². The highest BCUT2D eigenvalue weighted by Gasteiger charge is 2.44. The highest BCUT2D eigenvalue weighted by Crippen LogP contribution is 2.47. The predicted molar refractivity (Wildman–Crippen MR) is 87.3 cm³/mol. The van der Waals surface area contributed by atoms with Crippen LogP contribution in [0.25, 0.3) is 0 Å². The molecule has 1 fully saturated rings. The van der Waals surface area contributed by atoms with Gasteiger partial charge in [-0.3, -0.25) is 0 Å². The van der Waals surface area contributed by atoms with Crippen LogP contribution in [0.2, 0.25) is 0 Å². The van der Waals surface area contributed by atoms with E-state index in [0.29, 0.717) is 6.10 Å². The third-order valence-electron chi connectivity index (χ3n) is 5.54. The minimum atomic E-state index is 0.112. The number of fused-ring (bicyclic) bond motifs is 1. The molecule has 2 nitrogen and oxygen atoms in total. The average Bonchev–Trinajstić information content (AvgIpc) is 2.79. The second kappa shape index (κ2) is 5.92. The molecule has 1 aromatic carbocycles. The Morgan fingerprint density at radius 2 is 2.05 bits per heavy atom. The monoisotopic (exact) mass is 285 g/mol. The fourth-order valence-electron chi connectivity index (χ4n) is 4.09. The lowest BCUT2D eigenvalue weighted by Crippen LogP contribution is -2.35. The van der Waals surface area contributed by atoms with Gasteiger partial charge in [0.1, 0.15) is 0 Å². The second-order valence-corrected chi connectivity index (χ2v) is 6.86. The van der Waals surface area contributed by atoms with Crippen LogP contribution in [0.4, 0.5) is 0 Å². The number of aryl methyl sites for hydroxylation is 1. The molecule has 1 aromatic rings. The van der Waals surface area contributed by atoms with E-state index < -0.39 is 0 Å². The van der Waals surface area contributed by atoms with Gasteiger partial charge in [-0.1, -0.05) is 25.5 Å². The molecule has 0 atom stereocenters. The highest BCUT2D eigenvalue weighted by molar-refractivity contribution is 6.07. The first-order chi connectivity index (χ1) is 10.2. The summed E-state index contributed by atoms with van der Waals surface area (Å²) >= 11 is 0. The van der Waals surface area contributed by atoms with Crippen molar-refractivity contribution in [3.8, 4) is 0 Å². The van der Waals surface area contributed by atoms with E-state index in [1.54, 1.807) is 0 Å². The largest absolute Gasteiger partial charge is 0.381 e. The summed E-state index contributed by atoms with van der Waals surface area (Å²) in [6.45, 7) is 2.23. The zero-order chi connectivity index (χ0) is 14.9. The summed E-state index contributed by atoms with van der Waals surface area (Å²) in [6, 6.07) is 6.86. The van der Waals surface area contributed by atoms with Crippen LogP contribution in [-0.2, 0) is 17.6 Å². The van der Waals surface area contributed by atoms with Crippen molar-refractivity contribution in [2.75, 3.05) is 7.11 Å². The van der Waals surface area contributed by atoms with Crippen molar-refractivity contribution >= 4 is 5.71 Å². The van der Waals surface area contributed by atoms with Crippen LogP contribution in [0.5, 0.6) is 0 Å². The highest BCUT2D eigenvalue weighted by atomic mass is 16.5. The Labute approximate surface area is 128 Å². The molecular weight excluding hydrogens is 258 g/mol. The zero-order valence-electron chi connectivity index (χ0n) is 13.4. The molecule has 1 spiro atoms. The Kier molecular flexibility index (Phi) is 4.17. The summed E-state index contributed by atoms with van der Waals surface area (Å²) < 4.78 is 5.50. The maximum Gasteiger partial charge on any atom is 0.0572 e. The molecule has 2 heteroatoms. The van der Waals surface area contributed by atoms with E-state index in [0.717, 1.165) is 44.2 Å². The maximum absolute atomic E-state index is 8.73. The number of nitrogens with one attached hydrogen (secondary N) is 1. The van der Waals surface area contributed by atoms with Crippen LogP contribution in [0.15, 0.2) is 18.2 Å². The average molecular weight is 285 g/mol. The van der Waals surface area contributed by atoms with Crippen LogP contribution in [0.1, 0.15) is 62.1 Å². The zero-order valence-corrected chi connectivity index (χ0v) is 13.4. The first kappa shape index (κ1) is 14.8. The van der Waals surface area contributed by atoms with E-state index >= 15 is 0 Å². The number of methoxy groups -OCH3 is 1. The van der Waals surface area contributed by atoms with Crippen LogP contribution >= 0.6 is 0 Å². The molecule has 114 valence electrons. The molecule has 0 aliphatic heterocycles. The van der Waals surface area contributed by atoms with Crippen LogP contribution < -0.4 is 0 Å². The van der Waals surface area contributed by atoms with Crippen molar-refractivity contribution in [3.63, 3.8) is 0 Å². The Hall–Kier alpha value is -1.15. The second-order valence-electron chi connectivity index (χ2n) is 6.86. The van der Waals surface area contributed by atoms with Crippen LogP contribution in [0.3, 0.4) is 0 Å². The molecule has 0 heterocycles. The molecule has 2 aliphatic rings. The summed E-state index contributed by atoms with van der Waals surface area (Å²) in [4.78, 5) is 0. The number of benzene rings is 1. The standard InChI is InChI=1S/C19H27NO/c1-3-4-5-14-6-7-15-13-19(18(20)17(15)12-14)10-8-16(21-2)9-11-19/h6-7,12,16,20H,3-5,8-11,13H2,1-2H3/t16-,19-. The normalized spacial score (nSPS) is 28.1. The molecule has 21 heavy (non-hydrogen) atoms. The number of rotatable bonds is 4. The molecule has 2 aliphatic carbocycles. The van der Waals surface area contributed by atoms with Gasteiger partial charge in [0.15, 0.2) is 0 Å². The Balaban J connectivity index is 1.79. The lowest BCUT2D eigenvalue weighted by atomic mass is 9.70. The molecule has 0 unspecified atom stereocenters. The molecule has 0 amide bonds. The van der Waals surface area contributed by atoms with Gasteiger partial charge in [0.05, 0.1) is 6.10 Å². The van der Waals surface area contributed by atoms with E-state index in [9.17, 15) is 0 Å². The van der Waals surface area contributed by atoms with Crippen molar-refractivity contribution in [1.29, 1.82) is 5.41 Å². The van der Waals surface area contributed by atoms with Gasteiger partial charge in [0.25, 0.3) is 0 Å². The van der Waals surface area contributed by atoms with Gasteiger partial charge in [-0.25, -0.2) is 0 Å². The lowest BCUT2D eigenvalue weighted by Gasteiger charge is -2.36. The first-order valence-electron chi connectivity index (χ1n) is 8.42. The van der Waals surface area contributed by atoms with Crippen molar-refractivity contribution in [2.24, 2.45) is 5.41 Å². The van der Waals surface area contributed by atoms with Crippen molar-refractivity contribution < 1.29 is 4.74 Å². The van der Waals surface area contributed by atoms with Crippen molar-refractivity contribution in [1.82, 2.24) is 0 Å². The summed E-state index contributed by atoms with van der Waals surface area (Å²) in [5, 5.41) is 8.73. The van der Waals surface area contributed by atoms with Gasteiger partial charge in [-0.05, 0) is 67.7 Å². The van der Waals surface area contributed by atoms with Gasteiger partial charge < -0.3 is 10.1 Å². The van der Waals surface area contributed by atoms with E-state index in [1.165, 1.54) is 29.5 Å². The molecular formula is C19H27NO. The molecule has 3 rings (SSSR count). The summed E-state index contributed by atoms with van der Waals surface area (Å²) in [5.74, 6) is 0. The Bertz CT molecular complexity index is 526. The third-order valence-corrected chi connectivity index (χ3v) is 5.54. The number of ether oxygens (including phenoxy) is 1. The van der Waals surface area contributed by atoms with E-state index in [-0.39, 0.29) is 5.41 Å². The number of hydrogen-bond donors (Lipinski definition) is 1. The van der Waals surface area contributed by atoms with Crippen molar-refractivity contribution in [3.05, 3.63) is 34.9 Å². The van der Waals surface area contributed by atoms with Gasteiger partial charge in [-0.2, -0.15) is 0 Å². The molecule has 1 saturated carbocycles. The van der Waals surface area contributed by atoms with E-state index in [4.69, 9.17) is 10.1 Å². The van der Waals surface area contributed by atoms with Gasteiger partial charge in [-0.15, -0.1) is 0 Å². The summed E-state index contributed by atoms with van der Waals surface area (Å²) in [6.07, 6.45) is 9.55. The summed E-state index contributed by atoms with van der Waals surface area (Å²) in [7, 11) is 1.82. The quantitative estimate of drug-likeness (QED) is 0.866. The third kappa shape index (κ3) is 2.66. The summed E-state index contributed by atoms with van der Waals surface area (Å²) in [5.41, 5.74) is 5.06. The maximum atomic E-state index is 8.73. The Morgan fingerprint density at radius 1 is 1.29 bits per heavy atom. The van der Waals surface area contributed by atoms with Gasteiger partial charge in [0.2, 0.25) is 0 Å². The smallest absolute Gasteiger partial charge is 0.0572 e. The predicted octanol–water partition coefficient (Wildman–Crippen LogP) is 4.53.